The summed E-state index contributed by atoms with van der Waals surface area (Å²) < 4.78 is 5.75. The van der Waals surface area contributed by atoms with E-state index in [1.54, 1.807) is 19.2 Å². The zero-order valence-corrected chi connectivity index (χ0v) is 11.2. The van der Waals surface area contributed by atoms with Crippen molar-refractivity contribution in [2.24, 2.45) is 0 Å². The zero-order valence-electron chi connectivity index (χ0n) is 9.61. The molecule has 0 heterocycles. The van der Waals surface area contributed by atoms with Gasteiger partial charge in [0.25, 0.3) is 5.69 Å². The molecule has 1 aromatic carbocycles. The van der Waals surface area contributed by atoms with Crippen LogP contribution in [-0.4, -0.2) is 25.2 Å². The highest BCUT2D eigenvalue weighted by Crippen LogP contribution is 2.27. The molecule has 0 saturated carbocycles. The normalized spacial score (nSPS) is 10.2. The maximum Gasteiger partial charge on any atom is 0.292 e. The number of anilines is 1. The molecule has 94 valence electrons. The van der Waals surface area contributed by atoms with Gasteiger partial charge in [0.05, 0.1) is 4.92 Å². The quantitative estimate of drug-likeness (QED) is 0.477. The van der Waals surface area contributed by atoms with E-state index in [4.69, 9.17) is 4.74 Å². The first kappa shape index (κ1) is 13.9. The van der Waals surface area contributed by atoms with Crippen LogP contribution in [0.3, 0.4) is 0 Å². The zero-order chi connectivity index (χ0) is 12.7. The van der Waals surface area contributed by atoms with Crippen LogP contribution >= 0.6 is 15.9 Å². The Labute approximate surface area is 108 Å². The first-order valence-electron chi connectivity index (χ1n) is 5.32. The lowest BCUT2D eigenvalue weighted by molar-refractivity contribution is -0.384. The van der Waals surface area contributed by atoms with Crippen LogP contribution in [0, 0.1) is 10.1 Å². The van der Waals surface area contributed by atoms with Gasteiger partial charge in [-0.15, -0.1) is 0 Å². The summed E-state index contributed by atoms with van der Waals surface area (Å²) in [5.74, 6) is 0. The number of ether oxygens (including phenoxy) is 1. The molecule has 1 aromatic rings. The second-order valence-electron chi connectivity index (χ2n) is 3.55. The summed E-state index contributed by atoms with van der Waals surface area (Å²) in [5, 5.41) is 13.9. The average molecular weight is 303 g/mol. The Morgan fingerprint density at radius 3 is 2.88 bits per heavy atom. The van der Waals surface area contributed by atoms with Crippen LogP contribution in [0.2, 0.25) is 0 Å². The van der Waals surface area contributed by atoms with Gasteiger partial charge in [0.2, 0.25) is 0 Å². The Morgan fingerprint density at radius 1 is 1.47 bits per heavy atom. The maximum atomic E-state index is 10.8. The van der Waals surface area contributed by atoms with Gasteiger partial charge in [-0.1, -0.05) is 15.9 Å². The third-order valence-corrected chi connectivity index (χ3v) is 2.74. The number of unbranched alkanes of at least 4 members (excludes halogenated alkanes) is 1. The number of nitrogens with zero attached hydrogens (tertiary/aromatic N) is 1. The molecule has 17 heavy (non-hydrogen) atoms. The van der Waals surface area contributed by atoms with Crippen LogP contribution in [0.25, 0.3) is 0 Å². The number of nitro groups is 1. The van der Waals surface area contributed by atoms with Crippen molar-refractivity contribution in [2.75, 3.05) is 25.6 Å². The molecule has 0 saturated heterocycles. The minimum absolute atomic E-state index is 0.0972. The van der Waals surface area contributed by atoms with Crippen molar-refractivity contribution in [1.82, 2.24) is 0 Å². The molecule has 0 aliphatic carbocycles. The molecule has 0 aliphatic heterocycles. The van der Waals surface area contributed by atoms with E-state index in [1.807, 2.05) is 0 Å². The number of hydrogen-bond donors (Lipinski definition) is 1. The van der Waals surface area contributed by atoms with Crippen molar-refractivity contribution in [3.05, 3.63) is 32.8 Å². The predicted octanol–water partition coefficient (Wildman–Crippen LogP) is 3.20. The number of hydrogen-bond acceptors (Lipinski definition) is 4. The third kappa shape index (κ3) is 4.70. The topological polar surface area (TPSA) is 64.4 Å². The van der Waals surface area contributed by atoms with Crippen LogP contribution < -0.4 is 5.32 Å². The number of nitrogens with one attached hydrogen (secondary N) is 1. The third-order valence-electron chi connectivity index (χ3n) is 2.25. The molecule has 1 rings (SSSR count). The van der Waals surface area contributed by atoms with Gasteiger partial charge >= 0.3 is 0 Å². The van der Waals surface area contributed by atoms with Crippen LogP contribution in [0.15, 0.2) is 22.7 Å². The summed E-state index contributed by atoms with van der Waals surface area (Å²) in [4.78, 5) is 10.4. The highest BCUT2D eigenvalue weighted by molar-refractivity contribution is 9.10. The Bertz CT molecular complexity index is 385. The molecular weight excluding hydrogens is 288 g/mol. The molecule has 0 spiro atoms. The minimum Gasteiger partial charge on any atom is -0.385 e. The Morgan fingerprint density at radius 2 is 2.24 bits per heavy atom. The number of rotatable bonds is 7. The monoisotopic (exact) mass is 302 g/mol. The van der Waals surface area contributed by atoms with Gasteiger partial charge in [-0.25, -0.2) is 0 Å². The molecule has 6 heteroatoms. The van der Waals surface area contributed by atoms with E-state index in [-0.39, 0.29) is 10.6 Å². The van der Waals surface area contributed by atoms with E-state index in [0.717, 1.165) is 17.3 Å². The predicted molar refractivity (Wildman–Crippen MR) is 70.4 cm³/mol. The van der Waals surface area contributed by atoms with Crippen molar-refractivity contribution in [3.8, 4) is 0 Å². The lowest BCUT2D eigenvalue weighted by atomic mass is 10.2. The molecule has 0 bridgehead atoms. The summed E-state index contributed by atoms with van der Waals surface area (Å²) in [6, 6.07) is 4.87. The summed E-state index contributed by atoms with van der Waals surface area (Å²) in [6.45, 7) is 1.41. The second-order valence-corrected chi connectivity index (χ2v) is 4.46. The van der Waals surface area contributed by atoms with Crippen LogP contribution in [-0.2, 0) is 4.74 Å². The number of halogens is 1. The van der Waals surface area contributed by atoms with Crippen molar-refractivity contribution in [2.45, 2.75) is 12.8 Å². The smallest absolute Gasteiger partial charge is 0.292 e. The summed E-state index contributed by atoms with van der Waals surface area (Å²) >= 11 is 3.30. The number of nitro benzene ring substituents is 1. The molecule has 0 radical (unpaired) electrons. The van der Waals surface area contributed by atoms with E-state index in [1.165, 1.54) is 6.07 Å². The fourth-order valence-corrected chi connectivity index (χ4v) is 1.76. The van der Waals surface area contributed by atoms with Crippen molar-refractivity contribution >= 4 is 27.3 Å². The molecular formula is C11H15BrN2O3. The van der Waals surface area contributed by atoms with Crippen molar-refractivity contribution < 1.29 is 9.66 Å². The minimum atomic E-state index is -0.385. The van der Waals surface area contributed by atoms with E-state index in [9.17, 15) is 10.1 Å². The fraction of sp³-hybridized carbons (Fsp3) is 0.455. The fourth-order valence-electron chi connectivity index (χ4n) is 1.40. The van der Waals surface area contributed by atoms with E-state index in [0.29, 0.717) is 18.8 Å². The molecule has 0 aliphatic rings. The van der Waals surface area contributed by atoms with Crippen molar-refractivity contribution in [3.63, 3.8) is 0 Å². The van der Waals surface area contributed by atoms with Crippen molar-refractivity contribution in [1.29, 1.82) is 0 Å². The number of benzene rings is 1. The number of methoxy groups -OCH3 is 1. The molecule has 0 atom stereocenters. The van der Waals surface area contributed by atoms with Gasteiger partial charge in [-0.3, -0.25) is 10.1 Å². The molecule has 0 unspecified atom stereocenters. The molecule has 0 fully saturated rings. The highest BCUT2D eigenvalue weighted by atomic mass is 79.9. The molecule has 0 aromatic heterocycles. The standard InChI is InChI=1S/C11H15BrN2O3/c1-17-7-3-2-6-13-10-8-9(12)4-5-11(10)14(15)16/h4-5,8,13H,2-3,6-7H2,1H3. The van der Waals surface area contributed by atoms with E-state index < -0.39 is 0 Å². The Balaban J connectivity index is 2.56. The molecule has 0 amide bonds. The van der Waals surface area contributed by atoms with Gasteiger partial charge in [0.1, 0.15) is 5.69 Å². The Hall–Kier alpha value is -1.14. The van der Waals surface area contributed by atoms with Gasteiger partial charge in [-0.2, -0.15) is 0 Å². The maximum absolute atomic E-state index is 10.8. The largest absolute Gasteiger partial charge is 0.385 e. The first-order valence-corrected chi connectivity index (χ1v) is 6.11. The highest BCUT2D eigenvalue weighted by Gasteiger charge is 2.12. The van der Waals surface area contributed by atoms with Gasteiger partial charge in [0.15, 0.2) is 0 Å². The van der Waals surface area contributed by atoms with Gasteiger partial charge in [0, 0.05) is 30.8 Å². The Kier molecular flexibility index (Phi) is 5.93. The van der Waals surface area contributed by atoms with Gasteiger partial charge in [-0.05, 0) is 25.0 Å². The van der Waals surface area contributed by atoms with Crippen LogP contribution in [0.1, 0.15) is 12.8 Å². The van der Waals surface area contributed by atoms with Crippen LogP contribution in [0.4, 0.5) is 11.4 Å². The second kappa shape index (κ2) is 7.24. The average Bonchev–Trinajstić information content (AvgIpc) is 2.28. The first-order chi connectivity index (χ1) is 8.15. The summed E-state index contributed by atoms with van der Waals surface area (Å²) in [5.41, 5.74) is 0.640. The lowest BCUT2D eigenvalue weighted by Crippen LogP contribution is -2.05. The molecule has 1 N–H and O–H groups in total. The van der Waals surface area contributed by atoms with E-state index in [2.05, 4.69) is 21.2 Å². The SMILES string of the molecule is COCCCCNc1cc(Br)ccc1[N+](=O)[O-]. The molecule has 5 nitrogen and oxygen atoms in total. The van der Waals surface area contributed by atoms with Gasteiger partial charge < -0.3 is 10.1 Å². The summed E-state index contributed by atoms with van der Waals surface area (Å²) in [7, 11) is 1.66. The van der Waals surface area contributed by atoms with Crippen LogP contribution in [0.5, 0.6) is 0 Å². The summed E-state index contributed by atoms with van der Waals surface area (Å²) in [6.07, 6.45) is 1.85. The lowest BCUT2D eigenvalue weighted by Gasteiger charge is -2.07. The van der Waals surface area contributed by atoms with E-state index >= 15 is 0 Å².